The van der Waals surface area contributed by atoms with Crippen molar-refractivity contribution in [3.05, 3.63) is 0 Å². The summed E-state index contributed by atoms with van der Waals surface area (Å²) < 4.78 is 0. The fourth-order valence-corrected chi connectivity index (χ4v) is 1.87. The van der Waals surface area contributed by atoms with E-state index in [1.165, 1.54) is 0 Å². The molecule has 0 aromatic heterocycles. The van der Waals surface area contributed by atoms with Crippen molar-refractivity contribution >= 4 is 23.4 Å². The molecule has 2 amide bonds. The van der Waals surface area contributed by atoms with Gasteiger partial charge in [0.25, 0.3) is 0 Å². The molecule has 16 heavy (non-hydrogen) atoms. The van der Waals surface area contributed by atoms with E-state index in [0.717, 1.165) is 13.0 Å². The van der Waals surface area contributed by atoms with Crippen LogP contribution in [0.4, 0.5) is 0 Å². The molecule has 1 saturated heterocycles. The van der Waals surface area contributed by atoms with Crippen LogP contribution in [0.25, 0.3) is 0 Å². The molecule has 1 fully saturated rings. The summed E-state index contributed by atoms with van der Waals surface area (Å²) in [6.07, 6.45) is 1.57. The number of nitrogens with zero attached hydrogens (tertiary/aromatic N) is 1. The minimum Gasteiger partial charge on any atom is -0.352 e. The largest absolute Gasteiger partial charge is 0.352 e. The molecule has 1 N–H and O–H groups in total. The third-order valence-electron chi connectivity index (χ3n) is 2.73. The van der Waals surface area contributed by atoms with Gasteiger partial charge >= 0.3 is 0 Å². The van der Waals surface area contributed by atoms with E-state index in [2.05, 4.69) is 5.32 Å². The number of hydrogen-bond acceptors (Lipinski definition) is 2. The van der Waals surface area contributed by atoms with Crippen LogP contribution in [0.1, 0.15) is 26.7 Å². The highest BCUT2D eigenvalue weighted by atomic mass is 35.5. The Morgan fingerprint density at radius 1 is 1.56 bits per heavy atom. The summed E-state index contributed by atoms with van der Waals surface area (Å²) in [6, 6.07) is -0.0137. The first-order valence-corrected chi connectivity index (χ1v) is 6.22. The Bertz CT molecular complexity index is 271. The van der Waals surface area contributed by atoms with Crippen molar-refractivity contribution in [3.8, 4) is 0 Å². The average molecular weight is 247 g/mol. The molecule has 0 spiro atoms. The Labute approximate surface area is 101 Å². The van der Waals surface area contributed by atoms with Gasteiger partial charge in [-0.15, -0.1) is 11.6 Å². The first kappa shape index (κ1) is 13.3. The number of alkyl halides is 1. The zero-order valence-electron chi connectivity index (χ0n) is 9.83. The predicted molar refractivity (Wildman–Crippen MR) is 63.3 cm³/mol. The lowest BCUT2D eigenvalue weighted by atomic mass is 10.2. The predicted octanol–water partition coefficient (Wildman–Crippen LogP) is 0.988. The average Bonchev–Trinajstić information content (AvgIpc) is 2.63. The molecule has 2 unspecified atom stereocenters. The third-order valence-corrected chi connectivity index (χ3v) is 3.20. The number of carbonyl (C=O) groups excluding carboxylic acids is 2. The summed E-state index contributed by atoms with van der Waals surface area (Å²) >= 11 is 5.60. The van der Waals surface area contributed by atoms with Crippen LogP contribution in [-0.4, -0.2) is 41.7 Å². The van der Waals surface area contributed by atoms with Crippen molar-refractivity contribution in [1.82, 2.24) is 10.2 Å². The van der Waals surface area contributed by atoms with Gasteiger partial charge in [-0.2, -0.15) is 0 Å². The van der Waals surface area contributed by atoms with Crippen LogP contribution in [0.2, 0.25) is 0 Å². The number of hydrogen-bond donors (Lipinski definition) is 1. The van der Waals surface area contributed by atoms with E-state index in [4.69, 9.17) is 11.6 Å². The van der Waals surface area contributed by atoms with E-state index < -0.39 is 0 Å². The van der Waals surface area contributed by atoms with Crippen LogP contribution in [0, 0.1) is 5.92 Å². The van der Waals surface area contributed by atoms with E-state index in [-0.39, 0.29) is 23.8 Å². The highest BCUT2D eigenvalue weighted by Crippen LogP contribution is 2.10. The van der Waals surface area contributed by atoms with Gasteiger partial charge in [-0.05, 0) is 13.3 Å². The van der Waals surface area contributed by atoms with Crippen LogP contribution in [0.5, 0.6) is 0 Å². The van der Waals surface area contributed by atoms with E-state index in [9.17, 15) is 9.59 Å². The standard InChI is InChI=1S/C11H19ClN2O2/c1-8(6-12)11(16)13-9(2)7-14-5-3-4-10(14)15/h8-9H,3-7H2,1-2H3,(H,13,16). The van der Waals surface area contributed by atoms with E-state index in [1.807, 2.05) is 6.92 Å². The molecule has 4 nitrogen and oxygen atoms in total. The second kappa shape index (κ2) is 6.09. The summed E-state index contributed by atoms with van der Waals surface area (Å²) in [5, 5.41) is 2.86. The molecule has 5 heteroatoms. The van der Waals surface area contributed by atoms with Gasteiger partial charge in [0.1, 0.15) is 0 Å². The summed E-state index contributed by atoms with van der Waals surface area (Å²) in [4.78, 5) is 24.7. The molecule has 2 atom stereocenters. The molecular formula is C11H19ClN2O2. The molecule has 1 heterocycles. The van der Waals surface area contributed by atoms with Gasteiger partial charge in [0, 0.05) is 37.4 Å². The zero-order valence-corrected chi connectivity index (χ0v) is 10.6. The molecule has 92 valence electrons. The number of nitrogens with one attached hydrogen (secondary N) is 1. The molecule has 1 rings (SSSR count). The molecular weight excluding hydrogens is 228 g/mol. The van der Waals surface area contributed by atoms with Gasteiger partial charge in [-0.25, -0.2) is 0 Å². The van der Waals surface area contributed by atoms with Crippen molar-refractivity contribution in [1.29, 1.82) is 0 Å². The fraction of sp³-hybridized carbons (Fsp3) is 0.818. The van der Waals surface area contributed by atoms with Gasteiger partial charge < -0.3 is 10.2 Å². The number of likely N-dealkylation sites (tertiary alicyclic amines) is 1. The van der Waals surface area contributed by atoms with Crippen LogP contribution in [0.15, 0.2) is 0 Å². The van der Waals surface area contributed by atoms with Crippen molar-refractivity contribution in [3.63, 3.8) is 0 Å². The molecule has 1 aliphatic heterocycles. The molecule has 0 aromatic carbocycles. The maximum Gasteiger partial charge on any atom is 0.224 e. The molecule has 1 aliphatic rings. The molecule has 0 bridgehead atoms. The fourth-order valence-electron chi connectivity index (χ4n) is 1.73. The monoisotopic (exact) mass is 246 g/mol. The summed E-state index contributed by atoms with van der Waals surface area (Å²) in [6.45, 7) is 5.10. The maximum atomic E-state index is 11.5. The normalized spacial score (nSPS) is 19.7. The van der Waals surface area contributed by atoms with Gasteiger partial charge in [0.05, 0.1) is 0 Å². The van der Waals surface area contributed by atoms with Crippen LogP contribution in [-0.2, 0) is 9.59 Å². The minimum absolute atomic E-state index is 0.0137. The van der Waals surface area contributed by atoms with Crippen LogP contribution < -0.4 is 5.32 Å². The van der Waals surface area contributed by atoms with E-state index in [0.29, 0.717) is 18.8 Å². The van der Waals surface area contributed by atoms with Gasteiger partial charge in [0.15, 0.2) is 0 Å². The van der Waals surface area contributed by atoms with Gasteiger partial charge in [0.2, 0.25) is 11.8 Å². The second-order valence-corrected chi connectivity index (χ2v) is 4.72. The van der Waals surface area contributed by atoms with E-state index >= 15 is 0 Å². The Morgan fingerprint density at radius 3 is 2.75 bits per heavy atom. The number of halogens is 1. The number of rotatable bonds is 5. The first-order chi connectivity index (χ1) is 7.54. The lowest BCUT2D eigenvalue weighted by molar-refractivity contribution is -0.129. The molecule has 0 aromatic rings. The number of amides is 2. The lowest BCUT2D eigenvalue weighted by Gasteiger charge is -2.22. The summed E-state index contributed by atoms with van der Waals surface area (Å²) in [5.74, 6) is 0.278. The van der Waals surface area contributed by atoms with Crippen LogP contribution >= 0.6 is 11.6 Å². The number of carbonyl (C=O) groups is 2. The first-order valence-electron chi connectivity index (χ1n) is 5.68. The second-order valence-electron chi connectivity index (χ2n) is 4.41. The van der Waals surface area contributed by atoms with Crippen molar-refractivity contribution in [2.24, 2.45) is 5.92 Å². The summed E-state index contributed by atoms with van der Waals surface area (Å²) in [7, 11) is 0. The Balaban J connectivity index is 2.32. The highest BCUT2D eigenvalue weighted by Gasteiger charge is 2.23. The van der Waals surface area contributed by atoms with E-state index in [1.54, 1.807) is 11.8 Å². The zero-order chi connectivity index (χ0) is 12.1. The third kappa shape index (κ3) is 3.67. The quantitative estimate of drug-likeness (QED) is 0.736. The smallest absolute Gasteiger partial charge is 0.224 e. The van der Waals surface area contributed by atoms with Crippen LogP contribution in [0.3, 0.4) is 0 Å². The Morgan fingerprint density at radius 2 is 2.25 bits per heavy atom. The maximum absolute atomic E-state index is 11.5. The Hall–Kier alpha value is -0.770. The van der Waals surface area contributed by atoms with Crippen molar-refractivity contribution in [2.75, 3.05) is 19.0 Å². The summed E-state index contributed by atoms with van der Waals surface area (Å²) in [5.41, 5.74) is 0. The molecule has 0 radical (unpaired) electrons. The van der Waals surface area contributed by atoms with Gasteiger partial charge in [-0.3, -0.25) is 9.59 Å². The topological polar surface area (TPSA) is 49.4 Å². The van der Waals surface area contributed by atoms with Crippen molar-refractivity contribution in [2.45, 2.75) is 32.7 Å². The van der Waals surface area contributed by atoms with Crippen molar-refractivity contribution < 1.29 is 9.59 Å². The Kier molecular flexibility index (Phi) is 5.06. The molecule has 0 saturated carbocycles. The van der Waals surface area contributed by atoms with Gasteiger partial charge in [-0.1, -0.05) is 6.92 Å². The lowest BCUT2D eigenvalue weighted by Crippen LogP contribution is -2.44. The SMILES string of the molecule is CC(CN1CCCC1=O)NC(=O)C(C)CCl. The minimum atomic E-state index is -0.182. The highest BCUT2D eigenvalue weighted by molar-refractivity contribution is 6.19. The molecule has 0 aliphatic carbocycles.